The zero-order chi connectivity index (χ0) is 60.1. The fourth-order valence-corrected chi connectivity index (χ4v) is 8.10. The molecular formula is C61H46IrN5. The van der Waals surface area contributed by atoms with Gasteiger partial charge in [0, 0.05) is 41.9 Å². The molecule has 0 N–H and O–H groups in total. The van der Waals surface area contributed by atoms with Crippen LogP contribution in [0.25, 0.3) is 83.2 Å². The summed E-state index contributed by atoms with van der Waals surface area (Å²) in [7, 11) is 0. The van der Waals surface area contributed by atoms with Crippen molar-refractivity contribution in [1.29, 1.82) is 0 Å². The summed E-state index contributed by atoms with van der Waals surface area (Å²) >= 11 is 0. The van der Waals surface area contributed by atoms with Gasteiger partial charge in [0.05, 0.1) is 13.1 Å². The van der Waals surface area contributed by atoms with Crippen molar-refractivity contribution in [3.8, 4) is 55.9 Å². The molecule has 324 valence electrons. The molecule has 0 unspecified atom stereocenters. The first-order valence-corrected chi connectivity index (χ1v) is 20.9. The standard InChI is InChI=1S/C61H46N5.Ir/c1-40-13-29-56(64-37-40)48-23-19-43(20-24-48)15-17-45-33-46(18-16-44-21-25-49(26-22-44)57-30-14-41(2)38-65-57)35-51(34-45)53-12-8-7-11-52(53)50-27-28-55-58(36-50)66-42(3)63-39-59(66)60-54(31-32-62-61(55)60)47-9-5-4-6-10-47;/h4-14,19-23,25,27,29-39H,15-18H2,1-3H3;/q-3;+3/i1D3,2D3,3D3,15D2,16D2,17D2,18D2,39D;. The van der Waals surface area contributed by atoms with Gasteiger partial charge >= 0.3 is 20.1 Å². The smallest absolute Gasteiger partial charge is 0.339 e. The third-order valence-corrected chi connectivity index (χ3v) is 11.3. The Morgan fingerprint density at radius 1 is 0.522 bits per heavy atom. The minimum atomic E-state index is -3.00. The average molecular weight is 1060 g/mol. The molecule has 0 bridgehead atoms. The van der Waals surface area contributed by atoms with Crippen LogP contribution in [-0.4, -0.2) is 24.3 Å². The molecule has 0 aliphatic carbocycles. The van der Waals surface area contributed by atoms with Crippen LogP contribution in [0.2, 0.25) is 0 Å². The second kappa shape index (κ2) is 18.9. The molecule has 0 amide bonds. The summed E-state index contributed by atoms with van der Waals surface area (Å²) in [5.74, 6) is -0.372. The largest absolute Gasteiger partial charge is 3.00 e. The summed E-state index contributed by atoms with van der Waals surface area (Å²) in [5, 5.41) is 0.901. The molecule has 0 spiro atoms. The molecule has 0 fully saturated rings. The van der Waals surface area contributed by atoms with E-state index in [4.69, 9.17) is 18.7 Å². The minimum Gasteiger partial charge on any atom is -0.339 e. The molecule has 6 heteroatoms. The summed E-state index contributed by atoms with van der Waals surface area (Å²) in [4.78, 5) is 17.6. The maximum Gasteiger partial charge on any atom is 3.00 e. The Morgan fingerprint density at radius 3 is 1.73 bits per heavy atom. The molecule has 5 aromatic heterocycles. The molecule has 0 aliphatic heterocycles. The van der Waals surface area contributed by atoms with E-state index in [0.29, 0.717) is 66.6 Å². The molecule has 0 atom stereocenters. The van der Waals surface area contributed by atoms with Crippen molar-refractivity contribution in [2.75, 3.05) is 0 Å². The van der Waals surface area contributed by atoms with E-state index in [0.717, 1.165) is 11.6 Å². The van der Waals surface area contributed by atoms with Crippen LogP contribution in [-0.2, 0) is 45.6 Å². The Balaban J connectivity index is 0.00000803. The van der Waals surface area contributed by atoms with Gasteiger partial charge < -0.3 is 19.4 Å². The zero-order valence-electron chi connectivity index (χ0n) is 53.2. The van der Waals surface area contributed by atoms with Crippen molar-refractivity contribution < 1.29 is 44.8 Å². The predicted molar refractivity (Wildman–Crippen MR) is 269 cm³/mol. The number of aromatic nitrogens is 5. The number of aryl methyl sites for hydroxylation is 7. The summed E-state index contributed by atoms with van der Waals surface area (Å²) in [6, 6.07) is 48.5. The van der Waals surface area contributed by atoms with Gasteiger partial charge in [-0.25, -0.2) is 4.98 Å². The summed E-state index contributed by atoms with van der Waals surface area (Å²) in [6.07, 6.45) is -8.03. The Kier molecular flexibility index (Phi) is 7.69. The Morgan fingerprint density at radius 2 is 1.15 bits per heavy atom. The van der Waals surface area contributed by atoms with Gasteiger partial charge in [-0.1, -0.05) is 121 Å². The molecule has 11 rings (SSSR count). The van der Waals surface area contributed by atoms with Crippen LogP contribution in [0.5, 0.6) is 0 Å². The fourth-order valence-electron chi connectivity index (χ4n) is 8.10. The SMILES string of the molecule is [2H]c1nc(C([2H])([2H])[2H])n2c3cc(-c4ccccc4-c4cc(C([2H])([2H])C([2H])([2H])c5c[c-]c(-c6ccc(C([2H])([2H])[2H])cn6)cc5)cc(C([2H])([2H])C([2H])([2H])c5c[c-]c(-c6ccc(C([2H])([2H])[2H])cn6)cc5)c4)c[c-]c3c3nccc(-c4ccccc4)c3c12.[Ir+3]. The fraction of sp³-hybridized carbons (Fsp3) is 0.115. The van der Waals surface area contributed by atoms with Crippen molar-refractivity contribution >= 4 is 27.3 Å². The van der Waals surface area contributed by atoms with E-state index < -0.39 is 46.0 Å². The number of nitrogens with zero attached hydrogens (tertiary/aromatic N) is 5. The number of pyridine rings is 4. The maximum absolute atomic E-state index is 9.71. The van der Waals surface area contributed by atoms with E-state index in [2.05, 4.69) is 33.2 Å². The van der Waals surface area contributed by atoms with Gasteiger partial charge in [0.25, 0.3) is 0 Å². The normalized spacial score (nSPS) is 16.7. The molecule has 0 aliphatic rings. The summed E-state index contributed by atoms with van der Waals surface area (Å²) in [6.45, 7) is -7.58. The van der Waals surface area contributed by atoms with Gasteiger partial charge in [-0.15, -0.1) is 94.4 Å². The topological polar surface area (TPSA) is 56.0 Å². The van der Waals surface area contributed by atoms with Crippen LogP contribution in [0.15, 0.2) is 176 Å². The van der Waals surface area contributed by atoms with Gasteiger partial charge in [-0.3, -0.25) is 0 Å². The van der Waals surface area contributed by atoms with Crippen LogP contribution >= 0.6 is 0 Å². The number of benzene rings is 6. The van der Waals surface area contributed by atoms with E-state index in [1.807, 2.05) is 30.3 Å². The van der Waals surface area contributed by atoms with Crippen LogP contribution in [0.1, 0.15) is 63.9 Å². The Bertz CT molecular complexity index is 4170. The van der Waals surface area contributed by atoms with Crippen LogP contribution in [0.4, 0.5) is 0 Å². The van der Waals surface area contributed by atoms with Crippen molar-refractivity contribution in [2.45, 2.75) is 46.0 Å². The van der Waals surface area contributed by atoms with E-state index in [1.54, 1.807) is 48.7 Å². The first-order chi connectivity index (χ1) is 39.5. The number of fused-ring (bicyclic) bond motifs is 6. The Labute approximate surface area is 431 Å². The minimum absolute atomic E-state index is 0. The van der Waals surface area contributed by atoms with Crippen LogP contribution in [0.3, 0.4) is 0 Å². The van der Waals surface area contributed by atoms with E-state index in [-0.39, 0.29) is 76.6 Å². The first kappa shape index (κ1) is 27.3. The number of hydrogen-bond acceptors (Lipinski definition) is 4. The first-order valence-electron chi connectivity index (χ1n) is 29.9. The number of rotatable bonds is 11. The zero-order valence-corrected chi connectivity index (χ0v) is 37.6. The monoisotopic (exact) mass is 1060 g/mol. The third-order valence-electron chi connectivity index (χ3n) is 11.3. The van der Waals surface area contributed by atoms with Crippen LogP contribution in [0, 0.1) is 38.8 Å². The molecule has 0 radical (unpaired) electrons. The van der Waals surface area contributed by atoms with Crippen molar-refractivity contribution in [1.82, 2.24) is 24.3 Å². The molecule has 5 nitrogen and oxygen atoms in total. The summed E-state index contributed by atoms with van der Waals surface area (Å²) in [5.41, 5.74) is 4.16. The summed E-state index contributed by atoms with van der Waals surface area (Å²) < 4.78 is 159. The molecule has 67 heavy (non-hydrogen) atoms. The van der Waals surface area contributed by atoms with Crippen molar-refractivity contribution in [3.63, 3.8) is 0 Å². The van der Waals surface area contributed by atoms with Gasteiger partial charge in [0.1, 0.15) is 5.82 Å². The van der Waals surface area contributed by atoms with Gasteiger partial charge in [0.15, 0.2) is 0 Å². The van der Waals surface area contributed by atoms with Gasteiger partial charge in [-0.05, 0) is 112 Å². The van der Waals surface area contributed by atoms with Gasteiger partial charge in [0.2, 0.25) is 0 Å². The van der Waals surface area contributed by atoms with Crippen molar-refractivity contribution in [2.24, 2.45) is 0 Å². The molecule has 0 saturated heterocycles. The maximum atomic E-state index is 9.71. The van der Waals surface area contributed by atoms with Gasteiger partial charge in [-0.2, -0.15) is 0 Å². The van der Waals surface area contributed by atoms with E-state index >= 15 is 0 Å². The Hall–Kier alpha value is -7.37. The number of hydrogen-bond donors (Lipinski definition) is 0. The molecular weight excluding hydrogens is 995 g/mol. The molecule has 5 heterocycles. The van der Waals surface area contributed by atoms with E-state index in [1.165, 1.54) is 89.6 Å². The second-order valence-electron chi connectivity index (χ2n) is 15.5. The van der Waals surface area contributed by atoms with E-state index in [9.17, 15) is 11.0 Å². The second-order valence-corrected chi connectivity index (χ2v) is 15.5. The average Bonchev–Trinajstić information content (AvgIpc) is 1.76. The third kappa shape index (κ3) is 8.87. The molecule has 11 aromatic rings. The predicted octanol–water partition coefficient (Wildman–Crippen LogP) is 14.1. The van der Waals surface area contributed by atoms with Crippen LogP contribution < -0.4 is 0 Å². The van der Waals surface area contributed by atoms with Crippen molar-refractivity contribution in [3.05, 3.63) is 234 Å². The quantitative estimate of drug-likeness (QED) is 0.0957. The molecule has 0 saturated carbocycles. The molecule has 6 aromatic carbocycles. The number of imidazole rings is 1.